The third kappa shape index (κ3) is 3.85. The fraction of sp³-hybridized carbons (Fsp3) is 0.368. The van der Waals surface area contributed by atoms with Gasteiger partial charge >= 0.3 is 0 Å². The van der Waals surface area contributed by atoms with Crippen molar-refractivity contribution in [2.24, 2.45) is 0 Å². The predicted octanol–water partition coefficient (Wildman–Crippen LogP) is 4.13. The zero-order valence-electron chi connectivity index (χ0n) is 12.9. The van der Waals surface area contributed by atoms with Crippen LogP contribution in [0, 0.1) is 13.8 Å². The first-order valence-electron chi connectivity index (χ1n) is 7.72. The number of nitrogens with one attached hydrogen (secondary N) is 1. The van der Waals surface area contributed by atoms with Crippen LogP contribution in [0.2, 0.25) is 0 Å². The van der Waals surface area contributed by atoms with Gasteiger partial charge in [0, 0.05) is 18.2 Å². The van der Waals surface area contributed by atoms with Crippen molar-refractivity contribution in [3.05, 3.63) is 64.7 Å². The highest BCUT2D eigenvalue weighted by atomic mass is 16.5. The molecule has 1 N–H and O–H groups in total. The van der Waals surface area contributed by atoms with Crippen molar-refractivity contribution in [2.45, 2.75) is 45.9 Å². The molecule has 1 saturated carbocycles. The fourth-order valence-electron chi connectivity index (χ4n) is 2.44. The number of ether oxygens (including phenoxy) is 1. The summed E-state index contributed by atoms with van der Waals surface area (Å²) < 4.78 is 6.07. The highest BCUT2D eigenvalue weighted by Gasteiger charge is 2.20. The van der Waals surface area contributed by atoms with Crippen LogP contribution in [0.5, 0.6) is 5.75 Å². The Morgan fingerprint density at radius 1 is 1.05 bits per heavy atom. The highest BCUT2D eigenvalue weighted by Crippen LogP contribution is 2.23. The van der Waals surface area contributed by atoms with E-state index in [1.54, 1.807) is 0 Å². The van der Waals surface area contributed by atoms with Gasteiger partial charge in [0.05, 0.1) is 0 Å². The van der Waals surface area contributed by atoms with Crippen LogP contribution in [0.15, 0.2) is 42.5 Å². The maximum Gasteiger partial charge on any atom is 0.124 e. The van der Waals surface area contributed by atoms with Gasteiger partial charge in [-0.05, 0) is 43.9 Å². The van der Waals surface area contributed by atoms with Crippen molar-refractivity contribution in [1.82, 2.24) is 5.32 Å². The summed E-state index contributed by atoms with van der Waals surface area (Å²) in [5.74, 6) is 0.992. The molecule has 1 fully saturated rings. The molecule has 3 rings (SSSR count). The van der Waals surface area contributed by atoms with Crippen LogP contribution < -0.4 is 10.1 Å². The Morgan fingerprint density at radius 2 is 1.86 bits per heavy atom. The highest BCUT2D eigenvalue weighted by molar-refractivity contribution is 5.35. The lowest BCUT2D eigenvalue weighted by Gasteiger charge is -2.13. The van der Waals surface area contributed by atoms with E-state index in [-0.39, 0.29) is 0 Å². The van der Waals surface area contributed by atoms with Crippen molar-refractivity contribution < 1.29 is 4.74 Å². The number of rotatable bonds is 6. The van der Waals surface area contributed by atoms with Crippen LogP contribution in [0.25, 0.3) is 0 Å². The second kappa shape index (κ2) is 6.31. The van der Waals surface area contributed by atoms with E-state index in [0.717, 1.165) is 18.3 Å². The molecule has 0 saturated heterocycles. The van der Waals surface area contributed by atoms with Crippen LogP contribution in [-0.4, -0.2) is 6.04 Å². The van der Waals surface area contributed by atoms with Crippen LogP contribution in [0.4, 0.5) is 0 Å². The summed E-state index contributed by atoms with van der Waals surface area (Å²) in [7, 11) is 0. The first-order chi connectivity index (χ1) is 10.2. The molecule has 2 nitrogen and oxygen atoms in total. The summed E-state index contributed by atoms with van der Waals surface area (Å²) in [5.41, 5.74) is 5.08. The van der Waals surface area contributed by atoms with E-state index in [2.05, 4.69) is 55.6 Å². The number of para-hydroxylation sites is 1. The minimum atomic E-state index is 0.633. The molecule has 0 radical (unpaired) electrons. The summed E-state index contributed by atoms with van der Waals surface area (Å²) >= 11 is 0. The van der Waals surface area contributed by atoms with Crippen molar-refractivity contribution in [1.29, 1.82) is 0 Å². The van der Waals surface area contributed by atoms with Gasteiger partial charge in [0.1, 0.15) is 12.4 Å². The first kappa shape index (κ1) is 14.2. The SMILES string of the molecule is Cc1ccc(C)c(COc2ccccc2CNC2CC2)c1. The summed E-state index contributed by atoms with van der Waals surface area (Å²) in [4.78, 5) is 0. The first-order valence-corrected chi connectivity index (χ1v) is 7.72. The van der Waals surface area contributed by atoms with E-state index in [4.69, 9.17) is 4.74 Å². The van der Waals surface area contributed by atoms with Crippen molar-refractivity contribution in [2.75, 3.05) is 0 Å². The zero-order chi connectivity index (χ0) is 14.7. The Balaban J connectivity index is 1.67. The van der Waals surface area contributed by atoms with Crippen LogP contribution in [0.3, 0.4) is 0 Å². The Bertz CT molecular complexity index is 617. The van der Waals surface area contributed by atoms with E-state index in [1.807, 2.05) is 6.07 Å². The Hall–Kier alpha value is -1.80. The lowest BCUT2D eigenvalue weighted by molar-refractivity contribution is 0.301. The molecule has 0 spiro atoms. The molecular weight excluding hydrogens is 258 g/mol. The number of aryl methyl sites for hydroxylation is 2. The molecule has 110 valence electrons. The van der Waals surface area contributed by atoms with Crippen molar-refractivity contribution in [3.8, 4) is 5.75 Å². The van der Waals surface area contributed by atoms with Crippen molar-refractivity contribution in [3.63, 3.8) is 0 Å². The van der Waals surface area contributed by atoms with Gasteiger partial charge in [0.2, 0.25) is 0 Å². The lowest BCUT2D eigenvalue weighted by Crippen LogP contribution is -2.16. The van der Waals surface area contributed by atoms with E-state index in [9.17, 15) is 0 Å². The van der Waals surface area contributed by atoms with Gasteiger partial charge in [0.25, 0.3) is 0 Å². The quantitative estimate of drug-likeness (QED) is 0.859. The summed E-state index contributed by atoms with van der Waals surface area (Å²) in [6.45, 7) is 5.79. The third-order valence-corrected chi connectivity index (χ3v) is 4.02. The third-order valence-electron chi connectivity index (χ3n) is 4.02. The van der Waals surface area contributed by atoms with Gasteiger partial charge in [-0.25, -0.2) is 0 Å². The maximum atomic E-state index is 6.07. The Labute approximate surface area is 127 Å². The smallest absolute Gasteiger partial charge is 0.124 e. The molecule has 0 heterocycles. The summed E-state index contributed by atoms with van der Waals surface area (Å²) in [6, 6.07) is 15.6. The Kier molecular flexibility index (Phi) is 4.26. The van der Waals surface area contributed by atoms with E-state index >= 15 is 0 Å². The van der Waals surface area contributed by atoms with Gasteiger partial charge < -0.3 is 10.1 Å². The van der Waals surface area contributed by atoms with Crippen molar-refractivity contribution >= 4 is 0 Å². The minimum Gasteiger partial charge on any atom is -0.489 e. The lowest BCUT2D eigenvalue weighted by atomic mass is 10.1. The predicted molar refractivity (Wildman–Crippen MR) is 86.6 cm³/mol. The molecule has 0 bridgehead atoms. The van der Waals surface area contributed by atoms with E-state index < -0.39 is 0 Å². The molecule has 0 aromatic heterocycles. The standard InChI is InChI=1S/C19H23NO/c1-14-7-8-15(2)17(11-14)13-21-19-6-4-3-5-16(19)12-20-18-9-10-18/h3-8,11,18,20H,9-10,12-13H2,1-2H3. The number of hydrogen-bond acceptors (Lipinski definition) is 2. The molecule has 0 atom stereocenters. The monoisotopic (exact) mass is 281 g/mol. The van der Waals surface area contributed by atoms with Gasteiger partial charge in [-0.2, -0.15) is 0 Å². The second-order valence-electron chi connectivity index (χ2n) is 5.98. The van der Waals surface area contributed by atoms with Crippen LogP contribution in [-0.2, 0) is 13.2 Å². The molecule has 1 aliphatic rings. The van der Waals surface area contributed by atoms with Gasteiger partial charge in [-0.3, -0.25) is 0 Å². The second-order valence-corrected chi connectivity index (χ2v) is 5.98. The number of hydrogen-bond donors (Lipinski definition) is 1. The number of benzene rings is 2. The molecule has 2 aromatic rings. The maximum absolute atomic E-state index is 6.07. The summed E-state index contributed by atoms with van der Waals surface area (Å²) in [6.07, 6.45) is 2.62. The molecule has 0 amide bonds. The fourth-order valence-corrected chi connectivity index (χ4v) is 2.44. The molecule has 21 heavy (non-hydrogen) atoms. The zero-order valence-corrected chi connectivity index (χ0v) is 12.9. The molecule has 2 heteroatoms. The molecule has 0 unspecified atom stereocenters. The normalized spacial score (nSPS) is 14.2. The molecule has 1 aliphatic carbocycles. The Morgan fingerprint density at radius 3 is 2.67 bits per heavy atom. The van der Waals surface area contributed by atoms with E-state index in [0.29, 0.717) is 6.61 Å². The minimum absolute atomic E-state index is 0.633. The van der Waals surface area contributed by atoms with Gasteiger partial charge in [-0.1, -0.05) is 42.0 Å². The molecule has 2 aromatic carbocycles. The summed E-state index contributed by atoms with van der Waals surface area (Å²) in [5, 5.41) is 3.55. The van der Waals surface area contributed by atoms with E-state index in [1.165, 1.54) is 35.1 Å². The average molecular weight is 281 g/mol. The van der Waals surface area contributed by atoms with Gasteiger partial charge in [-0.15, -0.1) is 0 Å². The largest absolute Gasteiger partial charge is 0.489 e. The van der Waals surface area contributed by atoms with Crippen LogP contribution >= 0.6 is 0 Å². The molecule has 0 aliphatic heterocycles. The molecular formula is C19H23NO. The van der Waals surface area contributed by atoms with Crippen LogP contribution in [0.1, 0.15) is 35.1 Å². The topological polar surface area (TPSA) is 21.3 Å². The van der Waals surface area contributed by atoms with Gasteiger partial charge in [0.15, 0.2) is 0 Å². The average Bonchev–Trinajstić information content (AvgIpc) is 3.31.